The molecule has 2 aromatic rings. The number of para-hydroxylation sites is 1. The molecule has 0 spiro atoms. The van der Waals surface area contributed by atoms with Gasteiger partial charge in [0.2, 0.25) is 5.91 Å². The highest BCUT2D eigenvalue weighted by Crippen LogP contribution is 2.21. The zero-order chi connectivity index (χ0) is 14.5. The Kier molecular flexibility index (Phi) is 4.38. The second kappa shape index (κ2) is 6.22. The summed E-state index contributed by atoms with van der Waals surface area (Å²) < 4.78 is 0.797. The summed E-state index contributed by atoms with van der Waals surface area (Å²) in [4.78, 5) is 12.0. The van der Waals surface area contributed by atoms with Gasteiger partial charge in [0.25, 0.3) is 0 Å². The third-order valence-corrected chi connectivity index (χ3v) is 3.28. The molecule has 3 N–H and O–H groups in total. The smallest absolute Gasteiger partial charge is 0.228 e. The summed E-state index contributed by atoms with van der Waals surface area (Å²) in [6, 6.07) is 14.4. The lowest BCUT2D eigenvalue weighted by molar-refractivity contribution is -0.115. The van der Waals surface area contributed by atoms with Crippen LogP contribution in [0.15, 0.2) is 46.9 Å². The molecule has 0 atom stereocenters. The number of hydrogen-bond acceptors (Lipinski definition) is 3. The van der Waals surface area contributed by atoms with E-state index in [1.165, 1.54) is 0 Å². The maximum Gasteiger partial charge on any atom is 0.228 e. The number of amides is 1. The normalized spacial score (nSPS) is 9.80. The molecule has 0 aliphatic carbocycles. The van der Waals surface area contributed by atoms with Crippen molar-refractivity contribution in [2.24, 2.45) is 0 Å². The van der Waals surface area contributed by atoms with Crippen LogP contribution in [0.1, 0.15) is 11.1 Å². The van der Waals surface area contributed by atoms with Crippen molar-refractivity contribution in [1.82, 2.24) is 0 Å². The summed E-state index contributed by atoms with van der Waals surface area (Å²) in [6.07, 6.45) is 0.171. The fraction of sp³-hybridized carbons (Fsp3) is 0.0667. The average molecular weight is 330 g/mol. The van der Waals surface area contributed by atoms with Gasteiger partial charge in [-0.25, -0.2) is 0 Å². The van der Waals surface area contributed by atoms with E-state index in [0.29, 0.717) is 16.9 Å². The van der Waals surface area contributed by atoms with Gasteiger partial charge in [-0.3, -0.25) is 4.79 Å². The summed E-state index contributed by atoms with van der Waals surface area (Å²) in [7, 11) is 0. The van der Waals surface area contributed by atoms with Gasteiger partial charge >= 0.3 is 0 Å². The molecule has 100 valence electrons. The van der Waals surface area contributed by atoms with Crippen molar-refractivity contribution < 1.29 is 4.79 Å². The first-order valence-electron chi connectivity index (χ1n) is 5.93. The maximum absolute atomic E-state index is 12.0. The SMILES string of the molecule is N#Cc1ccc(Br)cc1NC(=O)Cc1ccccc1N. The van der Waals surface area contributed by atoms with Crippen LogP contribution in [0, 0.1) is 11.3 Å². The Bertz CT molecular complexity index is 692. The highest BCUT2D eigenvalue weighted by molar-refractivity contribution is 9.10. The van der Waals surface area contributed by atoms with E-state index in [1.807, 2.05) is 18.2 Å². The summed E-state index contributed by atoms with van der Waals surface area (Å²) in [5.41, 5.74) is 8.05. The molecule has 2 rings (SSSR count). The number of nitrogens with two attached hydrogens (primary N) is 1. The minimum Gasteiger partial charge on any atom is -0.398 e. The summed E-state index contributed by atoms with van der Waals surface area (Å²) >= 11 is 3.31. The number of anilines is 2. The van der Waals surface area contributed by atoms with Crippen molar-refractivity contribution in [3.8, 4) is 6.07 Å². The van der Waals surface area contributed by atoms with E-state index in [-0.39, 0.29) is 12.3 Å². The number of hydrogen-bond donors (Lipinski definition) is 2. The first-order chi connectivity index (χ1) is 9.60. The van der Waals surface area contributed by atoms with Crippen molar-refractivity contribution >= 4 is 33.2 Å². The highest BCUT2D eigenvalue weighted by atomic mass is 79.9. The second-order valence-electron chi connectivity index (χ2n) is 4.23. The fourth-order valence-corrected chi connectivity index (χ4v) is 2.14. The lowest BCUT2D eigenvalue weighted by Crippen LogP contribution is -2.16. The maximum atomic E-state index is 12.0. The molecule has 0 bridgehead atoms. The Morgan fingerprint density at radius 3 is 2.75 bits per heavy atom. The molecule has 2 aromatic carbocycles. The molecule has 0 heterocycles. The zero-order valence-corrected chi connectivity index (χ0v) is 12.1. The lowest BCUT2D eigenvalue weighted by atomic mass is 10.1. The topological polar surface area (TPSA) is 78.9 Å². The van der Waals surface area contributed by atoms with Gasteiger partial charge in [0, 0.05) is 10.2 Å². The van der Waals surface area contributed by atoms with E-state index in [9.17, 15) is 4.79 Å². The quantitative estimate of drug-likeness (QED) is 0.849. The molecule has 0 aromatic heterocycles. The Balaban J connectivity index is 2.15. The first-order valence-corrected chi connectivity index (χ1v) is 6.72. The van der Waals surface area contributed by atoms with Gasteiger partial charge in [0.05, 0.1) is 17.7 Å². The summed E-state index contributed by atoms with van der Waals surface area (Å²) in [5, 5.41) is 11.8. The number of rotatable bonds is 3. The third-order valence-electron chi connectivity index (χ3n) is 2.78. The first kappa shape index (κ1) is 14.1. The number of nitrogens with zero attached hydrogens (tertiary/aromatic N) is 1. The van der Waals surface area contributed by atoms with Crippen LogP contribution >= 0.6 is 15.9 Å². The van der Waals surface area contributed by atoms with Gasteiger partial charge in [-0.05, 0) is 29.8 Å². The van der Waals surface area contributed by atoms with Gasteiger partial charge in [-0.1, -0.05) is 34.1 Å². The van der Waals surface area contributed by atoms with Gasteiger partial charge in [0.15, 0.2) is 0 Å². The van der Waals surface area contributed by atoms with E-state index < -0.39 is 0 Å². The Hall–Kier alpha value is -2.32. The molecule has 0 aliphatic heterocycles. The van der Waals surface area contributed by atoms with Crippen molar-refractivity contribution in [2.45, 2.75) is 6.42 Å². The predicted molar refractivity (Wildman–Crippen MR) is 82.0 cm³/mol. The highest BCUT2D eigenvalue weighted by Gasteiger charge is 2.09. The molecule has 0 unspecified atom stereocenters. The minimum atomic E-state index is -0.211. The van der Waals surface area contributed by atoms with Gasteiger partial charge in [-0.15, -0.1) is 0 Å². The van der Waals surface area contributed by atoms with Crippen LogP contribution in [0.25, 0.3) is 0 Å². The summed E-state index contributed by atoms with van der Waals surface area (Å²) in [5.74, 6) is -0.211. The molecular formula is C15H12BrN3O. The van der Waals surface area contributed by atoms with Crippen molar-refractivity contribution in [3.63, 3.8) is 0 Å². The molecular weight excluding hydrogens is 318 g/mol. The number of carbonyl (C=O) groups is 1. The van der Waals surface area contributed by atoms with Crippen LogP contribution in [0.5, 0.6) is 0 Å². The molecule has 0 fully saturated rings. The van der Waals surface area contributed by atoms with E-state index in [2.05, 4.69) is 21.2 Å². The molecule has 20 heavy (non-hydrogen) atoms. The molecule has 5 heteroatoms. The number of carbonyl (C=O) groups excluding carboxylic acids is 1. The third kappa shape index (κ3) is 3.37. The van der Waals surface area contributed by atoms with Crippen LogP contribution in [-0.4, -0.2) is 5.91 Å². The average Bonchev–Trinajstić information content (AvgIpc) is 2.41. The van der Waals surface area contributed by atoms with Crippen molar-refractivity contribution in [3.05, 3.63) is 58.1 Å². The Labute approximate surface area is 125 Å². The molecule has 0 aliphatic rings. The lowest BCUT2D eigenvalue weighted by Gasteiger charge is -2.09. The number of nitriles is 1. The minimum absolute atomic E-state index is 0.171. The van der Waals surface area contributed by atoms with Crippen LogP contribution in [0.3, 0.4) is 0 Å². The van der Waals surface area contributed by atoms with E-state index in [4.69, 9.17) is 11.0 Å². The largest absolute Gasteiger partial charge is 0.398 e. The predicted octanol–water partition coefficient (Wildman–Crippen LogP) is 3.08. The van der Waals surface area contributed by atoms with Gasteiger partial charge in [0.1, 0.15) is 6.07 Å². The zero-order valence-electron chi connectivity index (χ0n) is 10.6. The van der Waals surface area contributed by atoms with Crippen molar-refractivity contribution in [1.29, 1.82) is 5.26 Å². The van der Waals surface area contributed by atoms with Gasteiger partial charge in [-0.2, -0.15) is 5.26 Å². The fourth-order valence-electron chi connectivity index (χ4n) is 1.78. The number of nitrogen functional groups attached to an aromatic ring is 1. The van der Waals surface area contributed by atoms with Crippen LogP contribution in [0.2, 0.25) is 0 Å². The number of nitrogens with one attached hydrogen (secondary N) is 1. The van der Waals surface area contributed by atoms with Crippen LogP contribution in [-0.2, 0) is 11.2 Å². The molecule has 1 amide bonds. The molecule has 0 saturated heterocycles. The van der Waals surface area contributed by atoms with E-state index in [0.717, 1.165) is 10.0 Å². The van der Waals surface area contributed by atoms with Crippen LogP contribution < -0.4 is 11.1 Å². The van der Waals surface area contributed by atoms with E-state index in [1.54, 1.807) is 30.3 Å². The van der Waals surface area contributed by atoms with E-state index >= 15 is 0 Å². The second-order valence-corrected chi connectivity index (χ2v) is 5.14. The van der Waals surface area contributed by atoms with Crippen LogP contribution in [0.4, 0.5) is 11.4 Å². The monoisotopic (exact) mass is 329 g/mol. The van der Waals surface area contributed by atoms with Crippen molar-refractivity contribution in [2.75, 3.05) is 11.1 Å². The molecule has 0 radical (unpaired) electrons. The Morgan fingerprint density at radius 2 is 2.05 bits per heavy atom. The molecule has 0 saturated carbocycles. The number of halogens is 1. The molecule has 4 nitrogen and oxygen atoms in total. The van der Waals surface area contributed by atoms with Gasteiger partial charge < -0.3 is 11.1 Å². The summed E-state index contributed by atoms with van der Waals surface area (Å²) in [6.45, 7) is 0. The standard InChI is InChI=1S/C15H12BrN3O/c16-12-6-5-11(9-17)14(8-12)19-15(20)7-10-3-1-2-4-13(10)18/h1-6,8H,7,18H2,(H,19,20). The number of benzene rings is 2. The Morgan fingerprint density at radius 1 is 1.30 bits per heavy atom.